The van der Waals surface area contributed by atoms with Crippen LogP contribution in [0.1, 0.15) is 17.8 Å². The Balaban J connectivity index is 1.57. The lowest BCUT2D eigenvalue weighted by atomic mass is 10.2. The second-order valence-electron chi connectivity index (χ2n) is 6.31. The molecule has 1 fully saturated rings. The molecule has 0 N–H and O–H groups in total. The molecule has 7 heteroatoms. The molecule has 1 saturated heterocycles. The Morgan fingerprint density at radius 1 is 1.45 bits per heavy atom. The Hall–Kier alpha value is -1.91. The van der Waals surface area contributed by atoms with Gasteiger partial charge in [0, 0.05) is 25.7 Å². The van der Waals surface area contributed by atoms with Gasteiger partial charge in [0.2, 0.25) is 5.91 Å². The maximum absolute atomic E-state index is 12.5. The van der Waals surface area contributed by atoms with E-state index in [9.17, 15) is 4.79 Å². The highest BCUT2D eigenvalue weighted by Gasteiger charge is 2.28. The van der Waals surface area contributed by atoms with Gasteiger partial charge >= 0.3 is 0 Å². The van der Waals surface area contributed by atoms with Crippen molar-refractivity contribution in [1.29, 1.82) is 5.26 Å². The molecule has 0 bridgehead atoms. The molecule has 0 unspecified atom stereocenters. The zero-order chi connectivity index (χ0) is 15.7. The van der Waals surface area contributed by atoms with Crippen LogP contribution in [0, 0.1) is 11.3 Å². The predicted octanol–water partition coefficient (Wildman–Crippen LogP) is -0.267. The normalized spacial score (nSPS) is 21.9. The smallest absolute Gasteiger partial charge is 0.237 e. The van der Waals surface area contributed by atoms with Gasteiger partial charge in [-0.05, 0) is 26.6 Å². The maximum atomic E-state index is 12.5. The number of rotatable bonds is 3. The lowest BCUT2D eigenvalue weighted by molar-refractivity contribution is -0.133. The molecule has 0 aliphatic carbocycles. The zero-order valence-corrected chi connectivity index (χ0v) is 13.2. The summed E-state index contributed by atoms with van der Waals surface area (Å²) in [4.78, 5) is 18.8. The Labute approximate surface area is 130 Å². The van der Waals surface area contributed by atoms with E-state index in [0.717, 1.165) is 25.2 Å². The van der Waals surface area contributed by atoms with E-state index >= 15 is 0 Å². The summed E-state index contributed by atoms with van der Waals surface area (Å²) in [6.07, 6.45) is 1.12. The SMILES string of the molecule is CN(C)[C@@H]1CCN(CC(=O)N2CCn3nc(C#N)cc3C2)C1. The monoisotopic (exact) mass is 302 g/mol. The minimum Gasteiger partial charge on any atom is -0.334 e. The number of carbonyl (C=O) groups excluding carboxylic acids is 1. The Kier molecular flexibility index (Phi) is 4.14. The van der Waals surface area contributed by atoms with Crippen LogP contribution in [0.2, 0.25) is 0 Å². The number of carbonyl (C=O) groups is 1. The van der Waals surface area contributed by atoms with Crippen LogP contribution in [0.4, 0.5) is 0 Å². The number of amides is 1. The molecule has 7 nitrogen and oxygen atoms in total. The van der Waals surface area contributed by atoms with E-state index in [1.165, 1.54) is 0 Å². The second-order valence-corrected chi connectivity index (χ2v) is 6.31. The van der Waals surface area contributed by atoms with Gasteiger partial charge in [-0.2, -0.15) is 10.4 Å². The van der Waals surface area contributed by atoms with E-state index < -0.39 is 0 Å². The van der Waals surface area contributed by atoms with Crippen molar-refractivity contribution >= 4 is 5.91 Å². The molecule has 0 saturated carbocycles. The first-order chi connectivity index (χ1) is 10.6. The van der Waals surface area contributed by atoms with Gasteiger partial charge in [0.15, 0.2) is 5.69 Å². The summed E-state index contributed by atoms with van der Waals surface area (Å²) in [7, 11) is 4.18. The van der Waals surface area contributed by atoms with Gasteiger partial charge in [0.25, 0.3) is 0 Å². The number of likely N-dealkylation sites (tertiary alicyclic amines) is 1. The third kappa shape index (κ3) is 2.98. The first-order valence-corrected chi connectivity index (χ1v) is 7.70. The number of likely N-dealkylation sites (N-methyl/N-ethyl adjacent to an activating group) is 1. The zero-order valence-electron chi connectivity index (χ0n) is 13.2. The van der Waals surface area contributed by atoms with E-state index in [0.29, 0.717) is 37.9 Å². The van der Waals surface area contributed by atoms with Gasteiger partial charge in [-0.3, -0.25) is 14.4 Å². The van der Waals surface area contributed by atoms with Crippen molar-refractivity contribution < 1.29 is 4.79 Å². The molecule has 0 spiro atoms. The molecule has 2 aliphatic heterocycles. The fourth-order valence-electron chi connectivity index (χ4n) is 3.20. The number of fused-ring (bicyclic) bond motifs is 1. The van der Waals surface area contributed by atoms with Crippen LogP contribution in [0.5, 0.6) is 0 Å². The Morgan fingerprint density at radius 3 is 2.95 bits per heavy atom. The molecule has 2 aliphatic rings. The van der Waals surface area contributed by atoms with E-state index in [2.05, 4.69) is 35.1 Å². The summed E-state index contributed by atoms with van der Waals surface area (Å²) in [6.45, 7) is 4.33. The van der Waals surface area contributed by atoms with E-state index in [1.807, 2.05) is 9.58 Å². The summed E-state index contributed by atoms with van der Waals surface area (Å²) in [5.74, 6) is 0.172. The van der Waals surface area contributed by atoms with Gasteiger partial charge in [-0.25, -0.2) is 0 Å². The molecular weight excluding hydrogens is 280 g/mol. The maximum Gasteiger partial charge on any atom is 0.237 e. The van der Waals surface area contributed by atoms with Crippen molar-refractivity contribution in [3.05, 3.63) is 17.5 Å². The van der Waals surface area contributed by atoms with Crippen molar-refractivity contribution in [2.45, 2.75) is 25.6 Å². The number of hydrogen-bond donors (Lipinski definition) is 0. The van der Waals surface area contributed by atoms with Crippen LogP contribution >= 0.6 is 0 Å². The largest absolute Gasteiger partial charge is 0.334 e. The summed E-state index contributed by atoms with van der Waals surface area (Å²) < 4.78 is 1.83. The van der Waals surface area contributed by atoms with Gasteiger partial charge < -0.3 is 9.80 Å². The minimum absolute atomic E-state index is 0.172. The number of hydrogen-bond acceptors (Lipinski definition) is 5. The molecule has 0 aromatic carbocycles. The molecule has 1 aromatic rings. The van der Waals surface area contributed by atoms with Gasteiger partial charge in [0.1, 0.15) is 6.07 Å². The van der Waals surface area contributed by atoms with Crippen LogP contribution in [-0.4, -0.2) is 76.7 Å². The van der Waals surface area contributed by atoms with Crippen LogP contribution in [-0.2, 0) is 17.9 Å². The molecule has 1 aromatic heterocycles. The Morgan fingerprint density at radius 2 is 2.27 bits per heavy atom. The second kappa shape index (κ2) is 6.07. The lowest BCUT2D eigenvalue weighted by Crippen LogP contribution is -2.44. The highest BCUT2D eigenvalue weighted by atomic mass is 16.2. The molecular formula is C15H22N6O. The molecule has 1 amide bonds. The van der Waals surface area contributed by atoms with Crippen LogP contribution in [0.15, 0.2) is 6.07 Å². The van der Waals surface area contributed by atoms with Gasteiger partial charge in [-0.15, -0.1) is 0 Å². The highest BCUT2D eigenvalue weighted by Crippen LogP contribution is 2.16. The predicted molar refractivity (Wildman–Crippen MR) is 80.9 cm³/mol. The molecule has 0 radical (unpaired) electrons. The molecule has 1 atom stereocenters. The van der Waals surface area contributed by atoms with Crippen LogP contribution in [0.25, 0.3) is 0 Å². The van der Waals surface area contributed by atoms with Crippen molar-refractivity contribution in [3.8, 4) is 6.07 Å². The van der Waals surface area contributed by atoms with Crippen LogP contribution < -0.4 is 0 Å². The van der Waals surface area contributed by atoms with E-state index in [-0.39, 0.29) is 5.91 Å². The number of nitrogens with zero attached hydrogens (tertiary/aromatic N) is 6. The molecule has 3 rings (SSSR count). The standard InChI is InChI=1S/C15H22N6O/c1-18(2)13-3-4-19(9-13)11-15(22)20-5-6-21-14(10-20)7-12(8-16)17-21/h7,13H,3-6,9-11H2,1-2H3/t13-/m1/s1. The lowest BCUT2D eigenvalue weighted by Gasteiger charge is -2.29. The number of aromatic nitrogens is 2. The van der Waals surface area contributed by atoms with Crippen molar-refractivity contribution in [3.63, 3.8) is 0 Å². The summed E-state index contributed by atoms with van der Waals surface area (Å²) in [5.41, 5.74) is 1.38. The third-order valence-corrected chi connectivity index (χ3v) is 4.60. The average molecular weight is 302 g/mol. The highest BCUT2D eigenvalue weighted by molar-refractivity contribution is 5.78. The molecule has 118 valence electrons. The van der Waals surface area contributed by atoms with Crippen LogP contribution in [0.3, 0.4) is 0 Å². The first-order valence-electron chi connectivity index (χ1n) is 7.70. The fraction of sp³-hybridized carbons (Fsp3) is 0.667. The first kappa shape index (κ1) is 15.0. The van der Waals surface area contributed by atoms with E-state index in [1.54, 1.807) is 6.07 Å². The summed E-state index contributed by atoms with van der Waals surface area (Å²) in [5, 5.41) is 13.1. The van der Waals surface area contributed by atoms with Crippen molar-refractivity contribution in [2.24, 2.45) is 0 Å². The van der Waals surface area contributed by atoms with Crippen molar-refractivity contribution in [2.75, 3.05) is 40.3 Å². The quantitative estimate of drug-likeness (QED) is 0.769. The molecule has 3 heterocycles. The summed E-state index contributed by atoms with van der Waals surface area (Å²) in [6, 6.07) is 4.38. The Bertz CT molecular complexity index is 602. The fourth-order valence-corrected chi connectivity index (χ4v) is 3.20. The van der Waals surface area contributed by atoms with E-state index in [4.69, 9.17) is 5.26 Å². The van der Waals surface area contributed by atoms with Gasteiger partial charge in [0.05, 0.1) is 25.3 Å². The topological polar surface area (TPSA) is 68.4 Å². The summed E-state index contributed by atoms with van der Waals surface area (Å²) >= 11 is 0. The van der Waals surface area contributed by atoms with Gasteiger partial charge in [-0.1, -0.05) is 0 Å². The third-order valence-electron chi connectivity index (χ3n) is 4.60. The average Bonchev–Trinajstić information content (AvgIpc) is 3.12. The minimum atomic E-state index is 0.172. The molecule has 22 heavy (non-hydrogen) atoms. The van der Waals surface area contributed by atoms with Crippen molar-refractivity contribution in [1.82, 2.24) is 24.5 Å². The number of nitriles is 1.